The van der Waals surface area contributed by atoms with Crippen LogP contribution in [0.4, 0.5) is 11.4 Å². The number of non-ortho nitro benzene ring substituents is 2. The smallest absolute Gasteiger partial charge is 0.269 e. The Labute approximate surface area is 211 Å². The summed E-state index contributed by atoms with van der Waals surface area (Å²) in [5, 5.41) is 40.2. The third kappa shape index (κ3) is 15.8. The van der Waals surface area contributed by atoms with Gasteiger partial charge in [-0.2, -0.15) is 7.82 Å². The summed E-state index contributed by atoms with van der Waals surface area (Å²) in [6, 6.07) is 7.65. The van der Waals surface area contributed by atoms with Crippen molar-refractivity contribution in [3.63, 3.8) is 0 Å². The summed E-state index contributed by atoms with van der Waals surface area (Å²) in [4.78, 5) is 85.4. The molecule has 1 aliphatic rings. The summed E-state index contributed by atoms with van der Waals surface area (Å²) in [5.74, 6) is -0.413. The number of rotatable bonds is 4. The van der Waals surface area contributed by atoms with Gasteiger partial charge in [0.25, 0.3) is 11.4 Å². The molecule has 0 saturated carbocycles. The number of carbonyl (C=O) groups is 1. The van der Waals surface area contributed by atoms with Crippen LogP contribution >= 0.6 is 15.4 Å². The van der Waals surface area contributed by atoms with E-state index < -0.39 is 41.5 Å². The predicted octanol–water partition coefficient (Wildman–Crippen LogP) is -2.70. The molecule has 20 heteroatoms. The maximum absolute atomic E-state index is 10.4. The Bertz CT molecular complexity index is 1260. The molecular weight excluding hydrogens is 560 g/mol. The van der Waals surface area contributed by atoms with Crippen molar-refractivity contribution in [2.75, 3.05) is 0 Å². The van der Waals surface area contributed by atoms with Gasteiger partial charge in [0, 0.05) is 29.2 Å². The molecule has 2 aromatic rings. The van der Waals surface area contributed by atoms with Gasteiger partial charge >= 0.3 is 0 Å². The molecule has 206 valence electrons. The summed E-state index contributed by atoms with van der Waals surface area (Å²) in [6.07, 6.45) is 4.94. The Kier molecular flexibility index (Phi) is 13.5. The highest BCUT2D eigenvalue weighted by molar-refractivity contribution is 7.57. The molecule has 0 heterocycles. The molecule has 0 N–H and O–H groups in total. The van der Waals surface area contributed by atoms with E-state index in [2.05, 4.69) is 0 Å². The van der Waals surface area contributed by atoms with Crippen LogP contribution in [0.2, 0.25) is 0 Å². The normalized spacial score (nSPS) is 12.5. The molecule has 0 fully saturated rings. The molecule has 0 bridgehead atoms. The van der Waals surface area contributed by atoms with Crippen molar-refractivity contribution in [3.8, 4) is 5.75 Å². The van der Waals surface area contributed by atoms with E-state index in [0.717, 1.165) is 36.4 Å². The van der Waals surface area contributed by atoms with Crippen LogP contribution in [0.25, 0.3) is 0 Å². The molecule has 0 amide bonds. The number of benzene rings is 2. The van der Waals surface area contributed by atoms with Crippen molar-refractivity contribution < 1.29 is 58.3 Å². The van der Waals surface area contributed by atoms with Gasteiger partial charge in [-0.15, -0.1) is 5.75 Å². The lowest BCUT2D eigenvalue weighted by molar-refractivity contribution is -0.496. The van der Waals surface area contributed by atoms with Crippen molar-refractivity contribution in [3.05, 3.63) is 103 Å². The molecule has 3 rings (SSSR count). The largest absolute Gasteiger partial charge is 0.872 e. The minimum Gasteiger partial charge on any atom is -0.872 e. The van der Waals surface area contributed by atoms with Crippen LogP contribution < -0.4 is 34.9 Å². The first-order valence-electron chi connectivity index (χ1n) is 9.26. The minimum atomic E-state index is -5.39. The molecule has 0 atom stereocenters. The van der Waals surface area contributed by atoms with Gasteiger partial charge in [0.1, 0.15) is 0 Å². The van der Waals surface area contributed by atoms with Crippen molar-refractivity contribution >= 4 is 37.9 Å². The highest BCUT2D eigenvalue weighted by atomic mass is 31.2. The van der Waals surface area contributed by atoms with Gasteiger partial charge in [0.15, 0.2) is 5.78 Å². The number of carbonyl (C=O) groups excluding carboxylic acids is 1. The van der Waals surface area contributed by atoms with E-state index >= 15 is 0 Å². The Balaban J connectivity index is 0.000000502. The molecule has 2 aromatic carbocycles. The van der Waals surface area contributed by atoms with Crippen LogP contribution in [0.5, 0.6) is 5.75 Å². The number of nitro groups is 3. The molecule has 1 aliphatic carbocycles. The van der Waals surface area contributed by atoms with Gasteiger partial charge in [-0.1, -0.05) is 12.1 Å². The highest BCUT2D eigenvalue weighted by Gasteiger charge is 2.14. The van der Waals surface area contributed by atoms with Gasteiger partial charge in [-0.25, -0.2) is 0 Å². The summed E-state index contributed by atoms with van der Waals surface area (Å²) in [5.41, 5.74) is -0.309. The fourth-order valence-electron chi connectivity index (χ4n) is 1.97. The molecule has 18 nitrogen and oxygen atoms in total. The Morgan fingerprint density at radius 2 is 1.00 bits per heavy atom. The predicted molar refractivity (Wildman–Crippen MR) is 115 cm³/mol. The van der Waals surface area contributed by atoms with E-state index in [1.54, 1.807) is 0 Å². The number of hydrogen-bond acceptors (Lipinski definition) is 15. The molecule has 0 radical (unpaired) electrons. The molecule has 0 saturated heterocycles. The monoisotopic (exact) mass is 573 g/mol. The highest BCUT2D eigenvalue weighted by Crippen LogP contribution is 2.23. The van der Waals surface area contributed by atoms with Crippen molar-refractivity contribution in [2.45, 2.75) is 6.04 Å². The number of hydrogen-bond donors (Lipinski definition) is 0. The number of nitrogens with zero attached hydrogens (tertiary/aromatic N) is 3. The zero-order valence-corrected chi connectivity index (χ0v) is 20.2. The molecule has 0 aromatic heterocycles. The first kappa shape index (κ1) is 33.8. The molecular formula is C18H13N3O15P2-6. The minimum absolute atomic E-state index is 0.0559. The summed E-state index contributed by atoms with van der Waals surface area (Å²) in [7, 11) is -10.2. The van der Waals surface area contributed by atoms with Crippen LogP contribution in [0, 0.1) is 30.3 Å². The van der Waals surface area contributed by atoms with E-state index in [4.69, 9.17) is 19.2 Å². The first-order chi connectivity index (χ1) is 17.3. The van der Waals surface area contributed by atoms with Gasteiger partial charge in [0.2, 0.25) is 6.04 Å². The van der Waals surface area contributed by atoms with E-state index in [1.807, 2.05) is 0 Å². The van der Waals surface area contributed by atoms with Crippen LogP contribution in [-0.2, 0) is 13.9 Å². The number of allylic oxidation sites excluding steroid dienone is 2. The first-order valence-corrected chi connectivity index (χ1v) is 12.3. The molecule has 0 unspecified atom stereocenters. The average Bonchev–Trinajstić information content (AvgIpc) is 2.79. The maximum atomic E-state index is 10.4. The van der Waals surface area contributed by atoms with Crippen molar-refractivity contribution in [1.82, 2.24) is 0 Å². The molecule has 38 heavy (non-hydrogen) atoms. The number of ketones is 1. The van der Waals surface area contributed by atoms with Crippen molar-refractivity contribution in [2.24, 2.45) is 0 Å². The lowest BCUT2D eigenvalue weighted by Crippen LogP contribution is -2.24. The zero-order chi connectivity index (χ0) is 29.7. The SMILES string of the molecule is O=C1C=CC([N+](=O)[O-])C=C1.O=P([O-])([O-])[O-].O=[N+]([O-])c1ccc(P(=O)([O-])[O-])cc1.O=[N+]([O-])c1ccc([O-])cc1. The average molecular weight is 573 g/mol. The quantitative estimate of drug-likeness (QED) is 0.204. The number of phosphoric acid groups is 1. The van der Waals surface area contributed by atoms with Crippen molar-refractivity contribution in [1.29, 1.82) is 0 Å². The van der Waals surface area contributed by atoms with Gasteiger partial charge in [0.05, 0.1) is 9.85 Å². The topological polar surface area (TPSA) is 319 Å². The van der Waals surface area contributed by atoms with Crippen LogP contribution in [0.1, 0.15) is 0 Å². The van der Waals surface area contributed by atoms with E-state index in [9.17, 15) is 54.6 Å². The molecule has 0 aliphatic heterocycles. The fourth-order valence-corrected chi connectivity index (χ4v) is 2.49. The van der Waals surface area contributed by atoms with Crippen LogP contribution in [-0.4, -0.2) is 26.6 Å². The fraction of sp³-hybridized carbons (Fsp3) is 0.0556. The van der Waals surface area contributed by atoms with E-state index in [1.165, 1.54) is 36.4 Å². The second-order valence-electron chi connectivity index (χ2n) is 6.37. The standard InChI is InChI=1S/C6H6NO5P.2C6H5NO3.H3O4P/c8-7(9)5-1-3-6(4-2-5)13(10,11)12;2*8-6-3-1-5(2-4-6)7(9)10;1-5(2,3)4/h1-4H,(H2,10,11,12);1-4,8H;1-5H;(H3,1,2,3,4)/p-6. The number of nitro benzene ring substituents is 2. The van der Waals surface area contributed by atoms with Gasteiger partial charge < -0.3 is 38.7 Å². The van der Waals surface area contributed by atoms with Crippen LogP contribution in [0.3, 0.4) is 0 Å². The molecule has 0 spiro atoms. The Morgan fingerprint density at radius 1 is 0.658 bits per heavy atom. The zero-order valence-electron chi connectivity index (χ0n) is 18.4. The summed E-state index contributed by atoms with van der Waals surface area (Å²) < 4.78 is 19.0. The van der Waals surface area contributed by atoms with E-state index in [-0.39, 0.29) is 22.9 Å². The Hall–Kier alpha value is -4.15. The summed E-state index contributed by atoms with van der Waals surface area (Å²) in [6.45, 7) is 0. The Morgan fingerprint density at radius 3 is 1.29 bits per heavy atom. The second-order valence-corrected chi connectivity index (χ2v) is 8.77. The van der Waals surface area contributed by atoms with Gasteiger partial charge in [-0.3, -0.25) is 35.1 Å². The van der Waals surface area contributed by atoms with Crippen LogP contribution in [0.15, 0.2) is 72.8 Å². The maximum Gasteiger partial charge on any atom is 0.269 e. The summed E-state index contributed by atoms with van der Waals surface area (Å²) >= 11 is 0. The third-order valence-electron chi connectivity index (χ3n) is 3.58. The lowest BCUT2D eigenvalue weighted by Gasteiger charge is -2.36. The van der Waals surface area contributed by atoms with Gasteiger partial charge in [-0.05, 0) is 49.3 Å². The second kappa shape index (κ2) is 15.2. The van der Waals surface area contributed by atoms with E-state index in [0.29, 0.717) is 0 Å². The lowest BCUT2D eigenvalue weighted by atomic mass is 10.1. The third-order valence-corrected chi connectivity index (χ3v) is 4.51.